The van der Waals surface area contributed by atoms with Gasteiger partial charge in [-0.3, -0.25) is 14.4 Å². The lowest BCUT2D eigenvalue weighted by Crippen LogP contribution is -2.57. The molecule has 3 unspecified atom stereocenters. The molecule has 5 rings (SSSR count). The average molecular weight is 591 g/mol. The zero-order chi connectivity index (χ0) is 26.5. The highest BCUT2D eigenvalue weighted by Crippen LogP contribution is 2.60. The van der Waals surface area contributed by atoms with Crippen LogP contribution in [0.2, 0.25) is 5.02 Å². The molecule has 0 aliphatic carbocycles. The largest absolute Gasteiger partial charge is 0.394 e. The summed E-state index contributed by atoms with van der Waals surface area (Å²) in [6.45, 7) is 3.46. The summed E-state index contributed by atoms with van der Waals surface area (Å²) in [5.41, 5.74) is -0.0776. The minimum Gasteiger partial charge on any atom is -0.394 e. The second-order valence-corrected chi connectivity index (χ2v) is 11.9. The molecule has 7 atom stereocenters. The minimum atomic E-state index is -1.21. The second kappa shape index (κ2) is 10.0. The molecule has 0 aromatic heterocycles. The fourth-order valence-electron chi connectivity index (χ4n) is 6.14. The predicted octanol–water partition coefficient (Wildman–Crippen LogP) is 3.68. The van der Waals surface area contributed by atoms with Crippen molar-refractivity contribution in [1.82, 2.24) is 4.90 Å². The van der Waals surface area contributed by atoms with Crippen molar-refractivity contribution >= 4 is 56.6 Å². The number of rotatable bonds is 7. The molecule has 3 heterocycles. The van der Waals surface area contributed by atoms with Crippen LogP contribution in [0.3, 0.4) is 0 Å². The van der Waals surface area contributed by atoms with Crippen molar-refractivity contribution in [2.45, 2.75) is 48.9 Å². The number of ether oxygens (including phenoxy) is 1. The summed E-state index contributed by atoms with van der Waals surface area (Å²) in [6.07, 6.45) is -0.188. The highest BCUT2D eigenvalue weighted by molar-refractivity contribution is 9.09. The summed E-state index contributed by atoms with van der Waals surface area (Å²) in [5, 5.41) is 16.6. The number of carbonyl (C=O) groups excluding carboxylic acids is 3. The number of benzene rings is 2. The molecule has 2 bridgehead atoms. The number of likely N-dealkylation sites (tertiary alicyclic amines) is 1. The Morgan fingerprint density at radius 2 is 1.73 bits per heavy atom. The second-order valence-electron chi connectivity index (χ2n) is 10.3. The van der Waals surface area contributed by atoms with Crippen LogP contribution in [0, 0.1) is 17.8 Å². The Labute approximate surface area is 228 Å². The van der Waals surface area contributed by atoms with E-state index < -0.39 is 41.5 Å². The minimum absolute atomic E-state index is 0.136. The maximum atomic E-state index is 14.1. The highest BCUT2D eigenvalue weighted by atomic mass is 79.9. The lowest BCUT2D eigenvalue weighted by molar-refractivity contribution is -0.144. The molecule has 1 spiro atoms. The van der Waals surface area contributed by atoms with E-state index in [1.165, 1.54) is 4.90 Å². The van der Waals surface area contributed by atoms with Crippen LogP contribution in [-0.2, 0) is 19.1 Å². The summed E-state index contributed by atoms with van der Waals surface area (Å²) in [7, 11) is 0. The Kier molecular flexibility index (Phi) is 7.08. The maximum Gasteiger partial charge on any atom is 0.250 e. The van der Waals surface area contributed by atoms with Gasteiger partial charge in [-0.2, -0.15) is 0 Å². The van der Waals surface area contributed by atoms with Crippen LogP contribution in [-0.4, -0.2) is 63.0 Å². The Morgan fingerprint density at radius 3 is 2.35 bits per heavy atom. The Balaban J connectivity index is 1.54. The van der Waals surface area contributed by atoms with Gasteiger partial charge in [0, 0.05) is 21.2 Å². The van der Waals surface area contributed by atoms with Gasteiger partial charge in [0.25, 0.3) is 0 Å². The number of carbonyl (C=O) groups is 3. The molecule has 8 nitrogen and oxygen atoms in total. The van der Waals surface area contributed by atoms with Crippen LogP contribution in [0.4, 0.5) is 11.4 Å². The number of aliphatic hydroxyl groups excluding tert-OH is 1. The van der Waals surface area contributed by atoms with Crippen LogP contribution >= 0.6 is 27.5 Å². The van der Waals surface area contributed by atoms with Crippen molar-refractivity contribution in [3.05, 3.63) is 59.6 Å². The number of amides is 3. The van der Waals surface area contributed by atoms with Gasteiger partial charge in [0.05, 0.1) is 30.6 Å². The number of alkyl halides is 1. The number of para-hydroxylation sites is 1. The SMILES string of the molecule is CC(C)[C@H](CO)N1C(=O)[C@@H]2[C@@H](C(=O)Nc3ccccc3)[C@@H]3OC2(CC3Br)C1C(=O)Nc1ccc(Cl)cc1. The molecule has 2 aromatic rings. The molecule has 3 saturated heterocycles. The molecule has 3 aliphatic rings. The monoisotopic (exact) mass is 589 g/mol. The predicted molar refractivity (Wildman–Crippen MR) is 143 cm³/mol. The van der Waals surface area contributed by atoms with Crippen molar-refractivity contribution in [3.8, 4) is 0 Å². The average Bonchev–Trinajstić information content (AvgIpc) is 3.45. The van der Waals surface area contributed by atoms with Crippen LogP contribution < -0.4 is 10.6 Å². The molecule has 3 fully saturated rings. The first-order chi connectivity index (χ1) is 17.7. The van der Waals surface area contributed by atoms with Gasteiger partial charge in [-0.15, -0.1) is 0 Å². The van der Waals surface area contributed by atoms with E-state index in [1.807, 2.05) is 32.0 Å². The van der Waals surface area contributed by atoms with Crippen LogP contribution in [0.15, 0.2) is 54.6 Å². The summed E-state index contributed by atoms with van der Waals surface area (Å²) in [4.78, 5) is 42.8. The zero-order valence-electron chi connectivity index (χ0n) is 20.4. The number of hydrogen-bond acceptors (Lipinski definition) is 5. The molecule has 3 amide bonds. The van der Waals surface area contributed by atoms with Crippen molar-refractivity contribution in [3.63, 3.8) is 0 Å². The molecule has 0 saturated carbocycles. The summed E-state index contributed by atoms with van der Waals surface area (Å²) < 4.78 is 6.50. The molecule has 10 heteroatoms. The lowest BCUT2D eigenvalue weighted by atomic mass is 9.70. The van der Waals surface area contributed by atoms with E-state index in [0.717, 1.165) is 0 Å². The summed E-state index contributed by atoms with van der Waals surface area (Å²) >= 11 is 9.66. The van der Waals surface area contributed by atoms with Gasteiger partial charge < -0.3 is 25.4 Å². The quantitative estimate of drug-likeness (QED) is 0.427. The van der Waals surface area contributed by atoms with E-state index in [9.17, 15) is 19.5 Å². The fraction of sp³-hybridized carbons (Fsp3) is 0.444. The highest BCUT2D eigenvalue weighted by Gasteiger charge is 2.77. The van der Waals surface area contributed by atoms with E-state index in [-0.39, 0.29) is 29.2 Å². The molecule has 3 N–H and O–H groups in total. The van der Waals surface area contributed by atoms with Crippen LogP contribution in [0.1, 0.15) is 20.3 Å². The summed E-state index contributed by atoms with van der Waals surface area (Å²) in [5.74, 6) is -2.90. The molecule has 3 aliphatic heterocycles. The number of nitrogens with zero attached hydrogens (tertiary/aromatic N) is 1. The Morgan fingerprint density at radius 1 is 1.11 bits per heavy atom. The molecule has 0 radical (unpaired) electrons. The van der Waals surface area contributed by atoms with Crippen molar-refractivity contribution in [1.29, 1.82) is 0 Å². The van der Waals surface area contributed by atoms with Crippen molar-refractivity contribution < 1.29 is 24.2 Å². The lowest BCUT2D eigenvalue weighted by Gasteiger charge is -2.38. The first kappa shape index (κ1) is 26.2. The maximum absolute atomic E-state index is 14.1. The molecular weight excluding hydrogens is 562 g/mol. The topological polar surface area (TPSA) is 108 Å². The van der Waals surface area contributed by atoms with Crippen LogP contribution in [0.25, 0.3) is 0 Å². The van der Waals surface area contributed by atoms with Crippen molar-refractivity contribution in [2.24, 2.45) is 17.8 Å². The smallest absolute Gasteiger partial charge is 0.250 e. The van der Waals surface area contributed by atoms with E-state index in [1.54, 1.807) is 36.4 Å². The van der Waals surface area contributed by atoms with Crippen LogP contribution in [0.5, 0.6) is 0 Å². The van der Waals surface area contributed by atoms with E-state index in [2.05, 4.69) is 26.6 Å². The van der Waals surface area contributed by atoms with Gasteiger partial charge in [0.15, 0.2) is 0 Å². The molecule has 37 heavy (non-hydrogen) atoms. The van der Waals surface area contributed by atoms with Gasteiger partial charge >= 0.3 is 0 Å². The van der Waals surface area contributed by atoms with E-state index in [4.69, 9.17) is 16.3 Å². The third kappa shape index (κ3) is 4.35. The number of halogens is 2. The van der Waals surface area contributed by atoms with Gasteiger partial charge in [-0.1, -0.05) is 59.6 Å². The summed E-state index contributed by atoms with van der Waals surface area (Å²) in [6, 6.07) is 14.1. The van der Waals surface area contributed by atoms with Gasteiger partial charge in [0.2, 0.25) is 17.7 Å². The van der Waals surface area contributed by atoms with E-state index >= 15 is 0 Å². The number of aliphatic hydroxyl groups is 1. The number of anilines is 2. The standard InChI is InChI=1S/C27H29BrClN3O5/c1-14(2)19(13-33)32-23(25(35)31-17-10-8-15(29)9-11-17)27-12-18(28)22(37-27)20(21(27)26(32)36)24(34)30-16-6-4-3-5-7-16/h3-11,14,18-23,33H,12-13H2,1-2H3,(H,30,34)(H,31,35)/t18?,19-,20+,21-,22+,23?,27?/m0/s1. The molecule has 2 aromatic carbocycles. The van der Waals surface area contributed by atoms with E-state index in [0.29, 0.717) is 22.8 Å². The van der Waals surface area contributed by atoms with Gasteiger partial charge in [0.1, 0.15) is 11.6 Å². The third-order valence-electron chi connectivity index (χ3n) is 7.75. The first-order valence-corrected chi connectivity index (χ1v) is 13.6. The Hall–Kier alpha value is -2.46. The fourth-order valence-corrected chi connectivity index (χ4v) is 7.20. The Bertz CT molecular complexity index is 1200. The number of fused-ring (bicyclic) bond motifs is 1. The number of hydrogen-bond donors (Lipinski definition) is 3. The molecule has 196 valence electrons. The number of nitrogens with one attached hydrogen (secondary N) is 2. The molecular formula is C27H29BrClN3O5. The van der Waals surface area contributed by atoms with Crippen molar-refractivity contribution in [2.75, 3.05) is 17.2 Å². The van der Waals surface area contributed by atoms with Gasteiger partial charge in [-0.25, -0.2) is 0 Å². The first-order valence-electron chi connectivity index (χ1n) is 12.3. The normalized spacial score (nSPS) is 30.9. The zero-order valence-corrected chi connectivity index (χ0v) is 22.8. The third-order valence-corrected chi connectivity index (χ3v) is 8.84. The van der Waals surface area contributed by atoms with Gasteiger partial charge in [-0.05, 0) is 48.7 Å².